The summed E-state index contributed by atoms with van der Waals surface area (Å²) < 4.78 is 7.55. The van der Waals surface area contributed by atoms with Crippen molar-refractivity contribution in [3.63, 3.8) is 0 Å². The van der Waals surface area contributed by atoms with Crippen LogP contribution in [0.1, 0.15) is 20.3 Å². The fourth-order valence-corrected chi connectivity index (χ4v) is 2.66. The summed E-state index contributed by atoms with van der Waals surface area (Å²) in [6.07, 6.45) is 2.73. The highest BCUT2D eigenvalue weighted by Crippen LogP contribution is 2.16. The molecule has 0 saturated carbocycles. The maximum absolute atomic E-state index is 12.6. The summed E-state index contributed by atoms with van der Waals surface area (Å²) in [4.78, 5) is 18.6. The second-order valence-corrected chi connectivity index (χ2v) is 6.25. The maximum atomic E-state index is 12.6. The molecule has 0 radical (unpaired) electrons. The number of benzene rings is 1. The molecule has 23 heavy (non-hydrogen) atoms. The Labute approximate surface area is 138 Å². The maximum Gasteiger partial charge on any atom is 0.283 e. The van der Waals surface area contributed by atoms with Gasteiger partial charge in [0, 0.05) is 6.20 Å². The van der Waals surface area contributed by atoms with E-state index >= 15 is 0 Å². The van der Waals surface area contributed by atoms with Crippen LogP contribution in [-0.4, -0.2) is 21.1 Å². The molecule has 0 bridgehead atoms. The first-order chi connectivity index (χ1) is 11.1. The van der Waals surface area contributed by atoms with E-state index in [0.29, 0.717) is 34.0 Å². The minimum atomic E-state index is -0.165. The van der Waals surface area contributed by atoms with E-state index in [2.05, 4.69) is 23.8 Å². The number of hydrogen-bond donors (Lipinski definition) is 2. The van der Waals surface area contributed by atoms with Gasteiger partial charge < -0.3 is 14.7 Å². The van der Waals surface area contributed by atoms with Crippen molar-refractivity contribution in [2.24, 2.45) is 5.92 Å². The van der Waals surface area contributed by atoms with Gasteiger partial charge in [-0.3, -0.25) is 9.36 Å². The number of H-pyrrole nitrogens is 2. The molecule has 2 N–H and O–H groups in total. The Morgan fingerprint density at radius 1 is 1.22 bits per heavy atom. The Morgan fingerprint density at radius 3 is 2.65 bits per heavy atom. The average Bonchev–Trinajstić information content (AvgIpc) is 2.97. The molecule has 1 aromatic carbocycles. The lowest BCUT2D eigenvalue weighted by Crippen LogP contribution is -2.20. The number of rotatable bonds is 5. The van der Waals surface area contributed by atoms with E-state index < -0.39 is 0 Å². The second kappa shape index (κ2) is 6.42. The minimum absolute atomic E-state index is 0.165. The molecule has 2 heterocycles. The topological polar surface area (TPSA) is 62.8 Å². The van der Waals surface area contributed by atoms with Crippen LogP contribution >= 0.6 is 12.2 Å². The molecule has 2 aromatic heterocycles. The van der Waals surface area contributed by atoms with Crippen molar-refractivity contribution in [1.29, 1.82) is 0 Å². The van der Waals surface area contributed by atoms with Crippen LogP contribution in [-0.2, 0) is 0 Å². The number of ether oxygens (including phenoxy) is 1. The Kier molecular flexibility index (Phi) is 4.34. The van der Waals surface area contributed by atoms with Crippen LogP contribution in [0.4, 0.5) is 0 Å². The van der Waals surface area contributed by atoms with Crippen molar-refractivity contribution in [2.75, 3.05) is 6.61 Å². The fourth-order valence-electron chi connectivity index (χ4n) is 2.36. The number of aromatic nitrogens is 3. The van der Waals surface area contributed by atoms with Crippen molar-refractivity contribution in [1.82, 2.24) is 14.5 Å². The third-order valence-corrected chi connectivity index (χ3v) is 3.95. The Bertz CT molecular complexity index is 919. The number of nitrogens with one attached hydrogen (secondary N) is 2. The van der Waals surface area contributed by atoms with Gasteiger partial charge in [0.15, 0.2) is 4.77 Å². The molecule has 0 atom stereocenters. The molecule has 3 rings (SSSR count). The summed E-state index contributed by atoms with van der Waals surface area (Å²) in [6.45, 7) is 5.01. The average molecular weight is 329 g/mol. The van der Waals surface area contributed by atoms with Crippen LogP contribution in [0.15, 0.2) is 41.3 Å². The molecule has 120 valence electrons. The van der Waals surface area contributed by atoms with Gasteiger partial charge in [-0.05, 0) is 54.9 Å². The first kappa shape index (κ1) is 15.6. The first-order valence-electron chi connectivity index (χ1n) is 7.62. The lowest BCUT2D eigenvalue weighted by Gasteiger charge is -2.10. The van der Waals surface area contributed by atoms with E-state index in [1.54, 1.807) is 12.3 Å². The molecule has 0 aliphatic heterocycles. The molecule has 0 aliphatic carbocycles. The number of fused-ring (bicyclic) bond motifs is 1. The van der Waals surface area contributed by atoms with Crippen molar-refractivity contribution in [3.8, 4) is 11.4 Å². The third kappa shape index (κ3) is 3.22. The van der Waals surface area contributed by atoms with E-state index in [1.807, 2.05) is 24.3 Å². The summed E-state index contributed by atoms with van der Waals surface area (Å²) in [7, 11) is 0. The molecule has 0 amide bonds. The lowest BCUT2D eigenvalue weighted by molar-refractivity contribution is 0.289. The van der Waals surface area contributed by atoms with Crippen molar-refractivity contribution in [2.45, 2.75) is 20.3 Å². The van der Waals surface area contributed by atoms with Gasteiger partial charge in [-0.2, -0.15) is 0 Å². The van der Waals surface area contributed by atoms with Crippen molar-refractivity contribution in [3.05, 3.63) is 51.7 Å². The highest BCUT2D eigenvalue weighted by molar-refractivity contribution is 7.71. The zero-order valence-corrected chi connectivity index (χ0v) is 13.9. The van der Waals surface area contributed by atoms with Gasteiger partial charge in [0.1, 0.15) is 11.3 Å². The van der Waals surface area contributed by atoms with Gasteiger partial charge in [-0.15, -0.1) is 0 Å². The molecular formula is C17H19N3O2S. The summed E-state index contributed by atoms with van der Waals surface area (Å²) in [5.41, 5.74) is 1.77. The van der Waals surface area contributed by atoms with Crippen molar-refractivity contribution < 1.29 is 4.74 Å². The van der Waals surface area contributed by atoms with Crippen LogP contribution in [0.3, 0.4) is 0 Å². The summed E-state index contributed by atoms with van der Waals surface area (Å²) >= 11 is 5.31. The van der Waals surface area contributed by atoms with E-state index in [4.69, 9.17) is 17.0 Å². The van der Waals surface area contributed by atoms with Gasteiger partial charge in [0.2, 0.25) is 0 Å². The van der Waals surface area contributed by atoms with Gasteiger partial charge in [0.25, 0.3) is 5.56 Å². The molecule has 3 aromatic rings. The highest BCUT2D eigenvalue weighted by Gasteiger charge is 2.08. The van der Waals surface area contributed by atoms with E-state index in [-0.39, 0.29) is 5.56 Å². The molecule has 6 heteroatoms. The van der Waals surface area contributed by atoms with Gasteiger partial charge >= 0.3 is 0 Å². The predicted molar refractivity (Wildman–Crippen MR) is 94.0 cm³/mol. The third-order valence-electron chi connectivity index (χ3n) is 3.67. The molecule has 0 aliphatic rings. The Morgan fingerprint density at radius 2 is 1.96 bits per heavy atom. The highest BCUT2D eigenvalue weighted by atomic mass is 32.1. The van der Waals surface area contributed by atoms with Gasteiger partial charge in [-0.1, -0.05) is 13.8 Å². The van der Waals surface area contributed by atoms with E-state index in [9.17, 15) is 4.79 Å². The minimum Gasteiger partial charge on any atom is -0.494 e. The summed E-state index contributed by atoms with van der Waals surface area (Å²) in [5.74, 6) is 1.40. The predicted octanol–water partition coefficient (Wildman–Crippen LogP) is 3.80. The standard InChI is InChI=1S/C17H19N3O2S/c1-11(2)8-10-22-13-5-3-12(4-6-13)20-16(21)15-14(7-9-18-15)19-17(20)23/h3-7,9,11,18H,8,10H2,1-2H3,(H,19,23). The number of aromatic amines is 2. The molecule has 5 nitrogen and oxygen atoms in total. The van der Waals surface area contributed by atoms with E-state index in [0.717, 1.165) is 12.2 Å². The molecule has 0 unspecified atom stereocenters. The van der Waals surface area contributed by atoms with Crippen LogP contribution in [0, 0.1) is 10.7 Å². The summed E-state index contributed by atoms with van der Waals surface area (Å²) in [5, 5.41) is 0. The largest absolute Gasteiger partial charge is 0.494 e. The molecule has 0 fully saturated rings. The van der Waals surface area contributed by atoms with Crippen LogP contribution in [0.25, 0.3) is 16.7 Å². The van der Waals surface area contributed by atoms with Gasteiger partial charge in [-0.25, -0.2) is 0 Å². The zero-order chi connectivity index (χ0) is 16.4. The summed E-state index contributed by atoms with van der Waals surface area (Å²) in [6, 6.07) is 9.18. The first-order valence-corrected chi connectivity index (χ1v) is 8.03. The Balaban J connectivity index is 1.90. The van der Waals surface area contributed by atoms with Crippen LogP contribution in [0.2, 0.25) is 0 Å². The quantitative estimate of drug-likeness (QED) is 0.700. The number of nitrogens with zero attached hydrogens (tertiary/aromatic N) is 1. The molecule has 0 saturated heterocycles. The normalized spacial score (nSPS) is 11.3. The second-order valence-electron chi connectivity index (χ2n) is 5.86. The molecular weight excluding hydrogens is 310 g/mol. The van der Waals surface area contributed by atoms with Crippen molar-refractivity contribution >= 4 is 23.3 Å². The molecule has 0 spiro atoms. The SMILES string of the molecule is CC(C)CCOc1ccc(-n2c(=S)[nH]c3cc[nH]c3c2=O)cc1. The fraction of sp³-hybridized carbons (Fsp3) is 0.294. The monoisotopic (exact) mass is 329 g/mol. The Hall–Kier alpha value is -2.34. The van der Waals surface area contributed by atoms with Crippen LogP contribution < -0.4 is 10.3 Å². The van der Waals surface area contributed by atoms with Gasteiger partial charge in [0.05, 0.1) is 17.8 Å². The zero-order valence-electron chi connectivity index (χ0n) is 13.1. The number of hydrogen-bond acceptors (Lipinski definition) is 3. The smallest absolute Gasteiger partial charge is 0.283 e. The lowest BCUT2D eigenvalue weighted by atomic mass is 10.1. The van der Waals surface area contributed by atoms with E-state index in [1.165, 1.54) is 4.57 Å². The van der Waals surface area contributed by atoms with Crippen LogP contribution in [0.5, 0.6) is 5.75 Å².